The molecule has 1 aliphatic heterocycles. The smallest absolute Gasteiger partial charge is 0.407 e. The first-order valence-corrected chi connectivity index (χ1v) is 11.2. The highest BCUT2D eigenvalue weighted by Crippen LogP contribution is 2.29. The van der Waals surface area contributed by atoms with Gasteiger partial charge < -0.3 is 10.0 Å². The first kappa shape index (κ1) is 20.9. The lowest BCUT2D eigenvalue weighted by atomic mass is 9.88. The topological polar surface area (TPSA) is 47.0 Å². The van der Waals surface area contributed by atoms with Gasteiger partial charge in [-0.1, -0.05) is 60.7 Å². The molecule has 2 aromatic carbocycles. The van der Waals surface area contributed by atoms with Crippen molar-refractivity contribution in [2.24, 2.45) is 0 Å². The van der Waals surface area contributed by atoms with Crippen LogP contribution in [0.2, 0.25) is 0 Å². The second kappa shape index (κ2) is 10.1. The molecule has 1 amide bonds. The minimum absolute atomic E-state index is 0.599. The fraction of sp³-hybridized carbons (Fsp3) is 0.480. The monoisotopic (exact) mass is 407 g/mol. The zero-order valence-electron chi connectivity index (χ0n) is 17.7. The van der Waals surface area contributed by atoms with Crippen LogP contribution in [0.15, 0.2) is 60.7 Å². The van der Waals surface area contributed by atoms with E-state index in [0.29, 0.717) is 25.2 Å². The molecule has 0 aromatic heterocycles. The zero-order chi connectivity index (χ0) is 20.8. The summed E-state index contributed by atoms with van der Waals surface area (Å²) in [4.78, 5) is 17.9. The number of hydrogen-bond acceptors (Lipinski definition) is 3. The van der Waals surface area contributed by atoms with E-state index in [4.69, 9.17) is 0 Å². The van der Waals surface area contributed by atoms with E-state index in [2.05, 4.69) is 70.5 Å². The lowest BCUT2D eigenvalue weighted by molar-refractivity contribution is 0.0517. The molecular weight excluding hydrogens is 374 g/mol. The van der Waals surface area contributed by atoms with Gasteiger partial charge >= 0.3 is 6.09 Å². The van der Waals surface area contributed by atoms with E-state index in [-0.39, 0.29) is 0 Å². The van der Waals surface area contributed by atoms with Crippen LogP contribution >= 0.6 is 0 Å². The van der Waals surface area contributed by atoms with Crippen LogP contribution < -0.4 is 0 Å². The second-order valence-electron chi connectivity index (χ2n) is 8.64. The Hall–Kier alpha value is -2.37. The van der Waals surface area contributed by atoms with Crippen molar-refractivity contribution >= 4 is 6.09 Å². The van der Waals surface area contributed by atoms with Crippen LogP contribution in [0.4, 0.5) is 4.79 Å². The van der Waals surface area contributed by atoms with Gasteiger partial charge in [-0.3, -0.25) is 9.80 Å². The molecule has 0 unspecified atom stereocenters. The Morgan fingerprint density at radius 2 is 1.30 bits per heavy atom. The first-order valence-electron chi connectivity index (χ1n) is 11.2. The van der Waals surface area contributed by atoms with Crippen molar-refractivity contribution < 1.29 is 9.90 Å². The van der Waals surface area contributed by atoms with E-state index >= 15 is 0 Å². The highest BCUT2D eigenvalue weighted by molar-refractivity contribution is 5.65. The number of amides is 1. The van der Waals surface area contributed by atoms with Crippen LogP contribution in [0.5, 0.6) is 0 Å². The predicted octanol–water partition coefficient (Wildman–Crippen LogP) is 4.30. The average Bonchev–Trinajstić information content (AvgIpc) is 2.80. The van der Waals surface area contributed by atoms with Gasteiger partial charge in [-0.25, -0.2) is 4.79 Å². The quantitative estimate of drug-likeness (QED) is 0.776. The standard InChI is InChI=1S/C25H33N3O2/c29-25(30)27-17-15-26(16-18-27)23-11-13-24(14-12-23)28(19-21-7-3-1-4-8-21)20-22-9-5-2-6-10-22/h1-10,23-24H,11-20H2,(H,29,30). The Bertz CT molecular complexity index is 741. The van der Waals surface area contributed by atoms with Gasteiger partial charge in [-0.15, -0.1) is 0 Å². The molecule has 0 bridgehead atoms. The molecule has 0 radical (unpaired) electrons. The lowest BCUT2D eigenvalue weighted by Crippen LogP contribution is -2.53. The van der Waals surface area contributed by atoms with Crippen LogP contribution in [0.3, 0.4) is 0 Å². The number of piperazine rings is 1. The molecule has 1 N–H and O–H groups in total. The third-order valence-corrected chi connectivity index (χ3v) is 6.74. The molecule has 30 heavy (non-hydrogen) atoms. The normalized spacial score (nSPS) is 22.9. The SMILES string of the molecule is O=C(O)N1CCN(C2CCC(N(Cc3ccccc3)Cc3ccccc3)CC2)CC1. The number of carboxylic acid groups (broad SMARTS) is 1. The van der Waals surface area contributed by atoms with Gasteiger partial charge in [0.05, 0.1) is 0 Å². The highest BCUT2D eigenvalue weighted by atomic mass is 16.4. The summed E-state index contributed by atoms with van der Waals surface area (Å²) in [6, 6.07) is 22.8. The number of nitrogens with zero attached hydrogens (tertiary/aromatic N) is 3. The fourth-order valence-corrected chi connectivity index (χ4v) is 5.02. The molecule has 2 fully saturated rings. The van der Waals surface area contributed by atoms with Crippen molar-refractivity contribution in [2.75, 3.05) is 26.2 Å². The average molecular weight is 408 g/mol. The third-order valence-electron chi connectivity index (χ3n) is 6.74. The second-order valence-corrected chi connectivity index (χ2v) is 8.64. The van der Waals surface area contributed by atoms with Gasteiger partial charge in [0.2, 0.25) is 0 Å². The maximum absolute atomic E-state index is 11.2. The van der Waals surface area contributed by atoms with Crippen LogP contribution in [0.25, 0.3) is 0 Å². The summed E-state index contributed by atoms with van der Waals surface area (Å²) in [5.41, 5.74) is 2.75. The molecule has 0 spiro atoms. The summed E-state index contributed by atoms with van der Waals surface area (Å²) < 4.78 is 0. The maximum atomic E-state index is 11.2. The van der Waals surface area contributed by atoms with E-state index in [0.717, 1.165) is 26.2 Å². The van der Waals surface area contributed by atoms with E-state index in [1.165, 1.54) is 36.8 Å². The lowest BCUT2D eigenvalue weighted by Gasteiger charge is -2.43. The van der Waals surface area contributed by atoms with Gasteiger partial charge in [0.15, 0.2) is 0 Å². The Morgan fingerprint density at radius 1 is 0.800 bits per heavy atom. The highest BCUT2D eigenvalue weighted by Gasteiger charge is 2.31. The summed E-state index contributed by atoms with van der Waals surface area (Å²) in [6.45, 7) is 5.01. The third kappa shape index (κ3) is 5.41. The number of rotatable bonds is 6. The molecule has 5 nitrogen and oxygen atoms in total. The summed E-state index contributed by atoms with van der Waals surface area (Å²) in [5, 5.41) is 9.17. The van der Waals surface area contributed by atoms with Crippen molar-refractivity contribution in [1.82, 2.24) is 14.7 Å². The molecular formula is C25H33N3O2. The fourth-order valence-electron chi connectivity index (χ4n) is 5.02. The van der Waals surface area contributed by atoms with Gasteiger partial charge in [0, 0.05) is 51.4 Å². The van der Waals surface area contributed by atoms with Gasteiger partial charge in [0.25, 0.3) is 0 Å². The van der Waals surface area contributed by atoms with Crippen LogP contribution in [-0.4, -0.2) is 64.2 Å². The molecule has 1 aliphatic carbocycles. The summed E-state index contributed by atoms with van der Waals surface area (Å²) >= 11 is 0. The summed E-state index contributed by atoms with van der Waals surface area (Å²) in [5.74, 6) is 0. The van der Waals surface area contributed by atoms with Gasteiger partial charge in [-0.2, -0.15) is 0 Å². The Labute approximate surface area is 179 Å². The number of carbonyl (C=O) groups is 1. The van der Waals surface area contributed by atoms with Crippen LogP contribution in [0, 0.1) is 0 Å². The van der Waals surface area contributed by atoms with Crippen LogP contribution in [0.1, 0.15) is 36.8 Å². The van der Waals surface area contributed by atoms with Gasteiger partial charge in [-0.05, 0) is 36.8 Å². The Balaban J connectivity index is 1.36. The van der Waals surface area contributed by atoms with E-state index in [1.807, 2.05) is 0 Å². The van der Waals surface area contributed by atoms with E-state index in [9.17, 15) is 9.90 Å². The zero-order valence-corrected chi connectivity index (χ0v) is 17.7. The molecule has 4 rings (SSSR count). The Kier molecular flexibility index (Phi) is 7.03. The molecule has 1 heterocycles. The largest absolute Gasteiger partial charge is 0.465 e. The minimum Gasteiger partial charge on any atom is -0.465 e. The molecule has 5 heteroatoms. The van der Waals surface area contributed by atoms with Gasteiger partial charge in [0.1, 0.15) is 0 Å². The Morgan fingerprint density at radius 3 is 1.77 bits per heavy atom. The van der Waals surface area contributed by atoms with Crippen molar-refractivity contribution in [1.29, 1.82) is 0 Å². The van der Waals surface area contributed by atoms with Crippen molar-refractivity contribution in [3.8, 4) is 0 Å². The van der Waals surface area contributed by atoms with Crippen molar-refractivity contribution in [3.63, 3.8) is 0 Å². The van der Waals surface area contributed by atoms with Crippen LogP contribution in [-0.2, 0) is 13.1 Å². The summed E-state index contributed by atoms with van der Waals surface area (Å²) in [7, 11) is 0. The molecule has 1 saturated heterocycles. The van der Waals surface area contributed by atoms with Crippen molar-refractivity contribution in [3.05, 3.63) is 71.8 Å². The molecule has 1 saturated carbocycles. The minimum atomic E-state index is -0.782. The number of hydrogen-bond donors (Lipinski definition) is 1. The van der Waals surface area contributed by atoms with E-state index in [1.54, 1.807) is 4.90 Å². The number of benzene rings is 2. The molecule has 160 valence electrons. The first-order chi connectivity index (χ1) is 14.7. The maximum Gasteiger partial charge on any atom is 0.407 e. The molecule has 2 aromatic rings. The summed E-state index contributed by atoms with van der Waals surface area (Å²) in [6.07, 6.45) is 4.05. The molecule has 2 aliphatic rings. The molecule has 0 atom stereocenters. The van der Waals surface area contributed by atoms with E-state index < -0.39 is 6.09 Å². The predicted molar refractivity (Wildman–Crippen MR) is 119 cm³/mol. The van der Waals surface area contributed by atoms with Crippen molar-refractivity contribution in [2.45, 2.75) is 50.9 Å².